The molecule has 0 unspecified atom stereocenters. The van der Waals surface area contributed by atoms with E-state index >= 15 is 0 Å². The second-order valence-corrected chi connectivity index (χ2v) is 10.3. The SMILES string of the molecule is Cc1ccc(S(=O)(=O)N(CC(=O)N/N=C\c2ccc(Br)cc2)c2ccc(Br)cc2)cc1. The molecule has 3 aromatic carbocycles. The van der Waals surface area contributed by atoms with Crippen LogP contribution in [0.25, 0.3) is 0 Å². The van der Waals surface area contributed by atoms with Crippen LogP contribution in [0.3, 0.4) is 0 Å². The van der Waals surface area contributed by atoms with Crippen LogP contribution in [0, 0.1) is 6.92 Å². The number of hydrogen-bond acceptors (Lipinski definition) is 4. The quantitative estimate of drug-likeness (QED) is 0.328. The highest BCUT2D eigenvalue weighted by Gasteiger charge is 2.27. The van der Waals surface area contributed by atoms with Gasteiger partial charge in [-0.1, -0.05) is 61.7 Å². The van der Waals surface area contributed by atoms with E-state index in [9.17, 15) is 13.2 Å². The predicted octanol–water partition coefficient (Wildman–Crippen LogP) is 4.87. The molecule has 0 spiro atoms. The molecule has 0 aliphatic carbocycles. The van der Waals surface area contributed by atoms with Crippen LogP contribution >= 0.6 is 31.9 Å². The second-order valence-electron chi connectivity index (χ2n) is 6.65. The smallest absolute Gasteiger partial charge is 0.264 e. The summed E-state index contributed by atoms with van der Waals surface area (Å²) in [6, 6.07) is 20.6. The normalized spacial score (nSPS) is 11.5. The number of carbonyl (C=O) groups is 1. The number of aryl methyl sites for hydroxylation is 1. The Morgan fingerprint density at radius 2 is 1.48 bits per heavy atom. The van der Waals surface area contributed by atoms with E-state index in [1.54, 1.807) is 36.4 Å². The Kier molecular flexibility index (Phi) is 7.64. The largest absolute Gasteiger partial charge is 0.271 e. The first-order chi connectivity index (χ1) is 14.8. The minimum absolute atomic E-state index is 0.104. The monoisotopic (exact) mass is 563 g/mol. The number of hydrogen-bond donors (Lipinski definition) is 1. The molecule has 0 radical (unpaired) electrons. The molecule has 160 valence electrons. The predicted molar refractivity (Wildman–Crippen MR) is 130 cm³/mol. The number of carbonyl (C=O) groups excluding carboxylic acids is 1. The number of halogens is 2. The average Bonchev–Trinajstić information content (AvgIpc) is 2.74. The van der Waals surface area contributed by atoms with Crippen LogP contribution < -0.4 is 9.73 Å². The number of sulfonamides is 1. The first-order valence-electron chi connectivity index (χ1n) is 9.18. The van der Waals surface area contributed by atoms with Gasteiger partial charge in [-0.3, -0.25) is 9.10 Å². The Balaban J connectivity index is 1.82. The lowest BCUT2D eigenvalue weighted by Crippen LogP contribution is -2.39. The Labute approximate surface area is 198 Å². The third-order valence-electron chi connectivity index (χ3n) is 4.28. The van der Waals surface area contributed by atoms with Crippen molar-refractivity contribution >= 4 is 59.7 Å². The number of amides is 1. The fourth-order valence-electron chi connectivity index (χ4n) is 2.65. The van der Waals surface area contributed by atoms with E-state index in [0.717, 1.165) is 24.4 Å². The van der Waals surface area contributed by atoms with E-state index in [1.165, 1.54) is 18.3 Å². The summed E-state index contributed by atoms with van der Waals surface area (Å²) in [4.78, 5) is 12.6. The van der Waals surface area contributed by atoms with E-state index in [-0.39, 0.29) is 4.90 Å². The van der Waals surface area contributed by atoms with Crippen LogP contribution in [0.2, 0.25) is 0 Å². The third kappa shape index (κ3) is 6.25. The van der Waals surface area contributed by atoms with Crippen molar-refractivity contribution in [1.29, 1.82) is 0 Å². The number of nitrogens with zero attached hydrogens (tertiary/aromatic N) is 2. The molecule has 0 saturated heterocycles. The summed E-state index contributed by atoms with van der Waals surface area (Å²) in [5.74, 6) is -0.563. The van der Waals surface area contributed by atoms with Gasteiger partial charge in [0.25, 0.3) is 15.9 Å². The molecule has 9 heteroatoms. The molecule has 31 heavy (non-hydrogen) atoms. The molecule has 3 rings (SSSR count). The van der Waals surface area contributed by atoms with Crippen molar-refractivity contribution in [2.45, 2.75) is 11.8 Å². The Morgan fingerprint density at radius 1 is 0.935 bits per heavy atom. The molecule has 0 aliphatic rings. The summed E-state index contributed by atoms with van der Waals surface area (Å²) in [5.41, 5.74) is 4.50. The van der Waals surface area contributed by atoms with Crippen LogP contribution in [-0.2, 0) is 14.8 Å². The zero-order valence-electron chi connectivity index (χ0n) is 16.5. The maximum Gasteiger partial charge on any atom is 0.264 e. The minimum Gasteiger partial charge on any atom is -0.271 e. The molecule has 1 amide bonds. The zero-order valence-corrected chi connectivity index (χ0v) is 20.5. The van der Waals surface area contributed by atoms with Gasteiger partial charge in [-0.2, -0.15) is 5.10 Å². The Bertz CT molecular complexity index is 1180. The van der Waals surface area contributed by atoms with Gasteiger partial charge in [-0.25, -0.2) is 13.8 Å². The molecule has 1 N–H and O–H groups in total. The van der Waals surface area contributed by atoms with Gasteiger partial charge < -0.3 is 0 Å². The highest BCUT2D eigenvalue weighted by Crippen LogP contribution is 2.25. The van der Waals surface area contributed by atoms with Gasteiger partial charge in [-0.05, 0) is 61.0 Å². The van der Waals surface area contributed by atoms with E-state index in [2.05, 4.69) is 42.4 Å². The van der Waals surface area contributed by atoms with Crippen molar-refractivity contribution in [3.63, 3.8) is 0 Å². The summed E-state index contributed by atoms with van der Waals surface area (Å²) in [6.07, 6.45) is 1.49. The van der Waals surface area contributed by atoms with Crippen molar-refractivity contribution in [3.05, 3.63) is 92.9 Å². The van der Waals surface area contributed by atoms with Crippen LogP contribution in [0.1, 0.15) is 11.1 Å². The average molecular weight is 565 g/mol. The first-order valence-corrected chi connectivity index (χ1v) is 12.2. The van der Waals surface area contributed by atoms with Gasteiger partial charge >= 0.3 is 0 Å². The van der Waals surface area contributed by atoms with Crippen LogP contribution in [0.5, 0.6) is 0 Å². The molecule has 0 saturated carbocycles. The fraction of sp³-hybridized carbons (Fsp3) is 0.0909. The molecule has 3 aromatic rings. The number of nitrogens with one attached hydrogen (secondary N) is 1. The van der Waals surface area contributed by atoms with E-state index in [0.29, 0.717) is 5.69 Å². The lowest BCUT2D eigenvalue weighted by molar-refractivity contribution is -0.119. The highest BCUT2D eigenvalue weighted by atomic mass is 79.9. The third-order valence-corrected chi connectivity index (χ3v) is 7.13. The molecule has 0 atom stereocenters. The second kappa shape index (κ2) is 10.2. The molecule has 6 nitrogen and oxygen atoms in total. The van der Waals surface area contributed by atoms with E-state index < -0.39 is 22.5 Å². The maximum absolute atomic E-state index is 13.3. The summed E-state index contributed by atoms with van der Waals surface area (Å²) < 4.78 is 29.4. The Hall–Kier alpha value is -2.49. The fourth-order valence-corrected chi connectivity index (χ4v) is 4.60. The molecule has 0 aromatic heterocycles. The van der Waals surface area contributed by atoms with Crippen molar-refractivity contribution in [3.8, 4) is 0 Å². The van der Waals surface area contributed by atoms with Crippen molar-refractivity contribution in [2.75, 3.05) is 10.8 Å². The summed E-state index contributed by atoms with van der Waals surface area (Å²) in [7, 11) is -3.96. The number of hydrazone groups is 1. The topological polar surface area (TPSA) is 78.8 Å². The van der Waals surface area contributed by atoms with E-state index in [4.69, 9.17) is 0 Å². The van der Waals surface area contributed by atoms with Crippen LogP contribution in [-0.4, -0.2) is 27.1 Å². The van der Waals surface area contributed by atoms with Gasteiger partial charge in [0.1, 0.15) is 6.54 Å². The summed E-state index contributed by atoms with van der Waals surface area (Å²) in [6.45, 7) is 1.45. The molecular formula is C22H19Br2N3O3S. The Morgan fingerprint density at radius 3 is 2.06 bits per heavy atom. The number of benzene rings is 3. The molecule has 0 heterocycles. The van der Waals surface area contributed by atoms with Crippen LogP contribution in [0.4, 0.5) is 5.69 Å². The first kappa shape index (κ1) is 23.2. The van der Waals surface area contributed by atoms with Gasteiger partial charge in [0.2, 0.25) is 0 Å². The minimum atomic E-state index is -3.96. The standard InChI is InChI=1S/C22H19Br2N3O3S/c1-16-2-12-21(13-3-16)31(29,30)27(20-10-8-19(24)9-11-20)15-22(28)26-25-14-17-4-6-18(23)7-5-17/h2-14H,15H2,1H3,(H,26,28)/b25-14-. The maximum atomic E-state index is 13.3. The molecular weight excluding hydrogens is 546 g/mol. The zero-order chi connectivity index (χ0) is 22.4. The molecule has 0 aliphatic heterocycles. The number of anilines is 1. The lowest BCUT2D eigenvalue weighted by atomic mass is 10.2. The van der Waals surface area contributed by atoms with Crippen LogP contribution in [0.15, 0.2) is 91.7 Å². The molecule has 0 fully saturated rings. The van der Waals surface area contributed by atoms with Crippen molar-refractivity contribution in [2.24, 2.45) is 5.10 Å². The van der Waals surface area contributed by atoms with Gasteiger partial charge in [0.15, 0.2) is 0 Å². The number of rotatable bonds is 7. The lowest BCUT2D eigenvalue weighted by Gasteiger charge is -2.23. The summed E-state index contributed by atoms with van der Waals surface area (Å²) in [5, 5.41) is 3.93. The van der Waals surface area contributed by atoms with Crippen molar-refractivity contribution in [1.82, 2.24) is 5.43 Å². The van der Waals surface area contributed by atoms with Crippen molar-refractivity contribution < 1.29 is 13.2 Å². The van der Waals surface area contributed by atoms with Gasteiger partial charge in [0.05, 0.1) is 16.8 Å². The van der Waals surface area contributed by atoms with Gasteiger partial charge in [0, 0.05) is 8.95 Å². The van der Waals surface area contributed by atoms with Gasteiger partial charge in [-0.15, -0.1) is 0 Å². The van der Waals surface area contributed by atoms with E-state index in [1.807, 2.05) is 31.2 Å². The summed E-state index contributed by atoms with van der Waals surface area (Å²) >= 11 is 6.69. The molecule has 0 bridgehead atoms. The highest BCUT2D eigenvalue weighted by molar-refractivity contribution is 9.10.